The van der Waals surface area contributed by atoms with Crippen molar-refractivity contribution in [1.82, 2.24) is 0 Å². The highest BCUT2D eigenvalue weighted by molar-refractivity contribution is 5.32. The molecule has 1 aromatic rings. The van der Waals surface area contributed by atoms with Gasteiger partial charge in [-0.25, -0.2) is 0 Å². The molecule has 112 valence electrons. The number of rotatable bonds is 7. The lowest BCUT2D eigenvalue weighted by atomic mass is 9.99. The zero-order valence-electron chi connectivity index (χ0n) is 13.0. The first-order valence-corrected chi connectivity index (χ1v) is 8.17. The van der Waals surface area contributed by atoms with Gasteiger partial charge in [0.05, 0.1) is 6.61 Å². The Balaban J connectivity index is 1.92. The van der Waals surface area contributed by atoms with E-state index in [2.05, 4.69) is 32.0 Å². The van der Waals surface area contributed by atoms with Crippen LogP contribution in [0.4, 0.5) is 0 Å². The van der Waals surface area contributed by atoms with Gasteiger partial charge in [0.15, 0.2) is 6.29 Å². The molecular formula is C18H28O2. The predicted octanol–water partition coefficient (Wildman–Crippen LogP) is 4.63. The summed E-state index contributed by atoms with van der Waals surface area (Å²) in [6.45, 7) is 6.00. The zero-order chi connectivity index (χ0) is 14.2. The van der Waals surface area contributed by atoms with Crippen molar-refractivity contribution >= 4 is 0 Å². The fourth-order valence-electron chi connectivity index (χ4n) is 2.71. The molecule has 1 aliphatic heterocycles. The molecule has 1 aromatic carbocycles. The van der Waals surface area contributed by atoms with Crippen molar-refractivity contribution in [3.63, 3.8) is 0 Å². The molecule has 2 rings (SSSR count). The van der Waals surface area contributed by atoms with Crippen molar-refractivity contribution in [2.24, 2.45) is 0 Å². The minimum absolute atomic E-state index is 0.00761. The normalized spacial score (nSPS) is 19.2. The summed E-state index contributed by atoms with van der Waals surface area (Å²) < 4.78 is 11.5. The Morgan fingerprint density at radius 1 is 1.20 bits per heavy atom. The van der Waals surface area contributed by atoms with Crippen LogP contribution in [0.2, 0.25) is 0 Å². The van der Waals surface area contributed by atoms with Gasteiger partial charge < -0.3 is 9.47 Å². The molecule has 0 spiro atoms. The number of aryl methyl sites for hydroxylation is 2. The van der Waals surface area contributed by atoms with E-state index < -0.39 is 0 Å². The SMILES string of the molecule is CCCCc1ccc(COC2CCCCO2)c(CC)c1. The zero-order valence-corrected chi connectivity index (χ0v) is 13.0. The summed E-state index contributed by atoms with van der Waals surface area (Å²) in [4.78, 5) is 0. The fourth-order valence-corrected chi connectivity index (χ4v) is 2.71. The molecule has 20 heavy (non-hydrogen) atoms. The maximum Gasteiger partial charge on any atom is 0.158 e. The van der Waals surface area contributed by atoms with Crippen LogP contribution in [-0.2, 0) is 28.9 Å². The third-order valence-electron chi connectivity index (χ3n) is 4.03. The number of ether oxygens (including phenoxy) is 2. The number of hydrogen-bond acceptors (Lipinski definition) is 2. The molecule has 2 heteroatoms. The quantitative estimate of drug-likeness (QED) is 0.722. The topological polar surface area (TPSA) is 18.5 Å². The van der Waals surface area contributed by atoms with Gasteiger partial charge in [-0.15, -0.1) is 0 Å². The summed E-state index contributed by atoms with van der Waals surface area (Å²) in [7, 11) is 0. The Labute approximate surface area is 123 Å². The van der Waals surface area contributed by atoms with Crippen LogP contribution in [0.15, 0.2) is 18.2 Å². The van der Waals surface area contributed by atoms with E-state index in [1.54, 1.807) is 0 Å². The van der Waals surface area contributed by atoms with Crippen molar-refractivity contribution < 1.29 is 9.47 Å². The van der Waals surface area contributed by atoms with E-state index >= 15 is 0 Å². The van der Waals surface area contributed by atoms with Gasteiger partial charge in [-0.05, 0) is 55.2 Å². The van der Waals surface area contributed by atoms with Crippen LogP contribution in [0.3, 0.4) is 0 Å². The van der Waals surface area contributed by atoms with Gasteiger partial charge >= 0.3 is 0 Å². The molecule has 1 atom stereocenters. The largest absolute Gasteiger partial charge is 0.353 e. The number of benzene rings is 1. The van der Waals surface area contributed by atoms with Gasteiger partial charge in [-0.3, -0.25) is 0 Å². The Kier molecular flexibility index (Phi) is 6.55. The van der Waals surface area contributed by atoms with Crippen molar-refractivity contribution in [2.75, 3.05) is 6.61 Å². The second kappa shape index (κ2) is 8.43. The van der Waals surface area contributed by atoms with Gasteiger partial charge in [-0.2, -0.15) is 0 Å². The van der Waals surface area contributed by atoms with Gasteiger partial charge in [-0.1, -0.05) is 38.5 Å². The minimum atomic E-state index is 0.00761. The average molecular weight is 276 g/mol. The van der Waals surface area contributed by atoms with Crippen LogP contribution in [0.5, 0.6) is 0 Å². The molecule has 1 fully saturated rings. The third kappa shape index (κ3) is 4.60. The summed E-state index contributed by atoms with van der Waals surface area (Å²) in [5, 5.41) is 0. The molecule has 1 saturated heterocycles. The molecule has 0 N–H and O–H groups in total. The van der Waals surface area contributed by atoms with Crippen molar-refractivity contribution in [1.29, 1.82) is 0 Å². The highest BCUT2D eigenvalue weighted by Crippen LogP contribution is 2.19. The monoisotopic (exact) mass is 276 g/mol. The Morgan fingerprint density at radius 3 is 2.80 bits per heavy atom. The van der Waals surface area contributed by atoms with Gasteiger partial charge in [0.1, 0.15) is 0 Å². The summed E-state index contributed by atoms with van der Waals surface area (Å²) in [6.07, 6.45) is 8.23. The Bertz CT molecular complexity index is 394. The van der Waals surface area contributed by atoms with Gasteiger partial charge in [0, 0.05) is 6.61 Å². The third-order valence-corrected chi connectivity index (χ3v) is 4.03. The van der Waals surface area contributed by atoms with Crippen molar-refractivity contribution in [3.8, 4) is 0 Å². The number of unbranched alkanes of at least 4 members (excludes halogenated alkanes) is 1. The molecule has 0 saturated carbocycles. The van der Waals surface area contributed by atoms with E-state index in [0.717, 1.165) is 19.4 Å². The summed E-state index contributed by atoms with van der Waals surface area (Å²) in [5.41, 5.74) is 4.21. The molecular weight excluding hydrogens is 248 g/mol. The second-order valence-electron chi connectivity index (χ2n) is 5.67. The number of hydrogen-bond donors (Lipinski definition) is 0. The molecule has 0 aliphatic carbocycles. The van der Waals surface area contributed by atoms with E-state index in [-0.39, 0.29) is 6.29 Å². The van der Waals surface area contributed by atoms with E-state index in [1.807, 2.05) is 0 Å². The fraction of sp³-hybridized carbons (Fsp3) is 0.667. The molecule has 1 unspecified atom stereocenters. The lowest BCUT2D eigenvalue weighted by Crippen LogP contribution is -2.22. The summed E-state index contributed by atoms with van der Waals surface area (Å²) in [6, 6.07) is 6.86. The van der Waals surface area contributed by atoms with E-state index in [1.165, 1.54) is 48.8 Å². The predicted molar refractivity (Wildman–Crippen MR) is 82.8 cm³/mol. The van der Waals surface area contributed by atoms with Crippen LogP contribution in [-0.4, -0.2) is 12.9 Å². The van der Waals surface area contributed by atoms with Crippen molar-refractivity contribution in [2.45, 2.75) is 71.7 Å². The maximum atomic E-state index is 5.91. The molecule has 0 aromatic heterocycles. The smallest absolute Gasteiger partial charge is 0.158 e. The Hall–Kier alpha value is -0.860. The van der Waals surface area contributed by atoms with Gasteiger partial charge in [0.2, 0.25) is 0 Å². The first-order valence-electron chi connectivity index (χ1n) is 8.17. The molecule has 0 radical (unpaired) electrons. The Morgan fingerprint density at radius 2 is 2.10 bits per heavy atom. The van der Waals surface area contributed by atoms with Crippen LogP contribution < -0.4 is 0 Å². The summed E-state index contributed by atoms with van der Waals surface area (Å²) >= 11 is 0. The minimum Gasteiger partial charge on any atom is -0.353 e. The molecule has 1 aliphatic rings. The first kappa shape index (κ1) is 15.5. The van der Waals surface area contributed by atoms with E-state index in [4.69, 9.17) is 9.47 Å². The molecule has 2 nitrogen and oxygen atoms in total. The molecule has 0 amide bonds. The first-order chi connectivity index (χ1) is 9.83. The van der Waals surface area contributed by atoms with Gasteiger partial charge in [0.25, 0.3) is 0 Å². The second-order valence-corrected chi connectivity index (χ2v) is 5.67. The standard InChI is InChI=1S/C18H28O2/c1-3-5-8-15-10-11-17(16(4-2)13-15)14-20-18-9-6-7-12-19-18/h10-11,13,18H,3-9,12,14H2,1-2H3. The van der Waals surface area contributed by atoms with E-state index in [0.29, 0.717) is 6.61 Å². The lowest BCUT2D eigenvalue weighted by Gasteiger charge is -2.23. The molecule has 1 heterocycles. The van der Waals surface area contributed by atoms with Crippen LogP contribution >= 0.6 is 0 Å². The molecule has 0 bridgehead atoms. The van der Waals surface area contributed by atoms with Crippen LogP contribution in [0.25, 0.3) is 0 Å². The van der Waals surface area contributed by atoms with Crippen LogP contribution in [0, 0.1) is 0 Å². The lowest BCUT2D eigenvalue weighted by molar-refractivity contribution is -0.169. The highest BCUT2D eigenvalue weighted by atomic mass is 16.7. The highest BCUT2D eigenvalue weighted by Gasteiger charge is 2.14. The van der Waals surface area contributed by atoms with Crippen molar-refractivity contribution in [3.05, 3.63) is 34.9 Å². The summed E-state index contributed by atoms with van der Waals surface area (Å²) in [5.74, 6) is 0. The average Bonchev–Trinajstić information content (AvgIpc) is 2.52. The van der Waals surface area contributed by atoms with Crippen LogP contribution in [0.1, 0.15) is 62.6 Å². The van der Waals surface area contributed by atoms with E-state index in [9.17, 15) is 0 Å². The maximum absolute atomic E-state index is 5.91.